The molecule has 6 aromatic rings. The summed E-state index contributed by atoms with van der Waals surface area (Å²) in [5, 5.41) is 16.3. The van der Waals surface area contributed by atoms with Gasteiger partial charge in [0.05, 0.1) is 37.3 Å². The van der Waals surface area contributed by atoms with Crippen LogP contribution in [-0.2, 0) is 49.2 Å². The first-order valence-corrected chi connectivity index (χ1v) is 18.8. The molecule has 1 N–H and O–H groups in total. The van der Waals surface area contributed by atoms with E-state index in [9.17, 15) is 9.18 Å². The molecule has 1 aliphatic rings. The number of aryl methyl sites for hydroxylation is 6. The van der Waals surface area contributed by atoms with Crippen LogP contribution in [0.3, 0.4) is 0 Å². The lowest BCUT2D eigenvalue weighted by atomic mass is 9.97. The Hall–Kier alpha value is -4.32. The molecule has 12 heteroatoms. The van der Waals surface area contributed by atoms with Crippen LogP contribution in [0.15, 0.2) is 48.5 Å². The van der Waals surface area contributed by atoms with Gasteiger partial charge in [0.2, 0.25) is 0 Å². The van der Waals surface area contributed by atoms with Crippen molar-refractivity contribution in [2.24, 2.45) is 7.05 Å². The maximum absolute atomic E-state index is 14.4. The Labute approximate surface area is 306 Å². The summed E-state index contributed by atoms with van der Waals surface area (Å²) in [7, 11) is 5.33. The highest BCUT2D eigenvalue weighted by atomic mass is 35.5. The standard InChI is InChI=1S/C39H42ClFN6O3S/c1-23-35-32-12-11-31(40)37(35)36-24(2)43-47(15-13-42-3)33(36)22-51-21-28-20-29(45(4)44-28)9-7-25-17-26-19-27(41)8-10-30(26)34(18-25)50-16-6-14-46(32)38(23)39(48)49-5/h8,10-12,17-20,42H,6-7,9,13-16,21-22H2,1-5H3. The number of methoxy groups -OCH3 is 1. The highest BCUT2D eigenvalue weighted by Crippen LogP contribution is 2.43. The van der Waals surface area contributed by atoms with Gasteiger partial charge in [-0.15, -0.1) is 11.8 Å². The van der Waals surface area contributed by atoms with Gasteiger partial charge in [0.1, 0.15) is 17.3 Å². The second-order valence-electron chi connectivity index (χ2n) is 13.1. The molecule has 51 heavy (non-hydrogen) atoms. The van der Waals surface area contributed by atoms with Gasteiger partial charge in [-0.3, -0.25) is 9.36 Å². The molecule has 0 atom stereocenters. The Bertz CT molecular complexity index is 2270. The number of halogens is 2. The first-order valence-electron chi connectivity index (χ1n) is 17.2. The predicted octanol–water partition coefficient (Wildman–Crippen LogP) is 7.81. The average Bonchev–Trinajstić information content (AvgIpc) is 3.72. The van der Waals surface area contributed by atoms with Crippen molar-refractivity contribution in [3.05, 3.63) is 99.0 Å². The molecular formula is C39H42ClFN6O3S. The summed E-state index contributed by atoms with van der Waals surface area (Å²) < 4.78 is 32.2. The third-order valence-electron chi connectivity index (χ3n) is 9.76. The van der Waals surface area contributed by atoms with Crippen LogP contribution >= 0.6 is 23.4 Å². The molecule has 1 aliphatic heterocycles. The maximum Gasteiger partial charge on any atom is 0.354 e. The number of carbonyl (C=O) groups excluding carboxylic acids is 1. The number of nitrogens with one attached hydrogen (secondary N) is 1. The molecule has 3 aromatic carbocycles. The largest absolute Gasteiger partial charge is 0.493 e. The fraction of sp³-hybridized carbons (Fsp3) is 0.359. The third kappa shape index (κ3) is 6.74. The van der Waals surface area contributed by atoms with Crippen molar-refractivity contribution in [3.8, 4) is 16.9 Å². The molecule has 3 aromatic heterocycles. The van der Waals surface area contributed by atoms with Gasteiger partial charge in [-0.2, -0.15) is 10.2 Å². The molecule has 0 amide bonds. The summed E-state index contributed by atoms with van der Waals surface area (Å²) in [6, 6.07) is 15.0. The lowest BCUT2D eigenvalue weighted by Crippen LogP contribution is -2.17. The molecule has 9 nitrogen and oxygen atoms in total. The molecule has 0 saturated heterocycles. The van der Waals surface area contributed by atoms with E-state index in [2.05, 4.69) is 22.1 Å². The van der Waals surface area contributed by atoms with E-state index in [1.165, 1.54) is 13.2 Å². The van der Waals surface area contributed by atoms with Gasteiger partial charge in [-0.1, -0.05) is 17.7 Å². The van der Waals surface area contributed by atoms with Crippen molar-refractivity contribution in [2.75, 3.05) is 27.3 Å². The Morgan fingerprint density at radius 2 is 1.92 bits per heavy atom. The smallest absolute Gasteiger partial charge is 0.354 e. The normalized spacial score (nSPS) is 14.0. The topological polar surface area (TPSA) is 88.1 Å². The predicted molar refractivity (Wildman–Crippen MR) is 203 cm³/mol. The van der Waals surface area contributed by atoms with Gasteiger partial charge >= 0.3 is 5.97 Å². The van der Waals surface area contributed by atoms with Gasteiger partial charge in [-0.25, -0.2) is 9.18 Å². The monoisotopic (exact) mass is 728 g/mol. The number of nitrogens with zero attached hydrogens (tertiary/aromatic N) is 5. The summed E-state index contributed by atoms with van der Waals surface area (Å²) >= 11 is 8.92. The molecule has 4 heterocycles. The maximum atomic E-state index is 14.4. The Morgan fingerprint density at radius 3 is 2.73 bits per heavy atom. The van der Waals surface area contributed by atoms with Crippen LogP contribution < -0.4 is 10.1 Å². The number of carbonyl (C=O) groups is 1. The van der Waals surface area contributed by atoms with E-state index < -0.39 is 5.97 Å². The van der Waals surface area contributed by atoms with Crippen molar-refractivity contribution in [1.29, 1.82) is 0 Å². The van der Waals surface area contributed by atoms with E-state index >= 15 is 0 Å². The number of hydrogen-bond acceptors (Lipinski definition) is 7. The molecule has 0 spiro atoms. The lowest BCUT2D eigenvalue weighted by Gasteiger charge is -2.14. The zero-order chi connectivity index (χ0) is 35.8. The van der Waals surface area contributed by atoms with Crippen molar-refractivity contribution < 1.29 is 18.7 Å². The zero-order valence-corrected chi connectivity index (χ0v) is 31.2. The Morgan fingerprint density at radius 1 is 1.08 bits per heavy atom. The number of benzene rings is 3. The minimum absolute atomic E-state index is 0.284. The van der Waals surface area contributed by atoms with Crippen molar-refractivity contribution in [1.82, 2.24) is 29.4 Å². The van der Waals surface area contributed by atoms with E-state index in [4.69, 9.17) is 31.3 Å². The zero-order valence-electron chi connectivity index (χ0n) is 29.6. The molecular weight excluding hydrogens is 687 g/mol. The first kappa shape index (κ1) is 35.1. The van der Waals surface area contributed by atoms with Crippen LogP contribution in [-0.4, -0.2) is 57.4 Å². The molecule has 0 saturated carbocycles. The van der Waals surface area contributed by atoms with Crippen molar-refractivity contribution in [3.63, 3.8) is 0 Å². The van der Waals surface area contributed by atoms with Gasteiger partial charge < -0.3 is 19.4 Å². The fourth-order valence-electron chi connectivity index (χ4n) is 7.39. The third-order valence-corrected chi connectivity index (χ3v) is 11.1. The number of hydrogen-bond donors (Lipinski definition) is 1. The summed E-state index contributed by atoms with van der Waals surface area (Å²) in [4.78, 5) is 13.4. The van der Waals surface area contributed by atoms with Gasteiger partial charge in [0.25, 0.3) is 0 Å². The van der Waals surface area contributed by atoms with E-state index in [0.29, 0.717) is 48.3 Å². The average molecular weight is 729 g/mol. The molecule has 8 bridgehead atoms. The number of esters is 1. The number of rotatable bonds is 4. The summed E-state index contributed by atoms with van der Waals surface area (Å²) in [6.07, 6.45) is 2.14. The highest BCUT2D eigenvalue weighted by molar-refractivity contribution is 7.97. The van der Waals surface area contributed by atoms with Crippen LogP contribution in [0, 0.1) is 19.7 Å². The lowest BCUT2D eigenvalue weighted by molar-refractivity contribution is 0.0587. The molecule has 0 fully saturated rings. The Balaban J connectivity index is 1.38. The second-order valence-corrected chi connectivity index (χ2v) is 14.5. The Kier molecular flexibility index (Phi) is 10.1. The minimum atomic E-state index is -0.409. The molecule has 0 aliphatic carbocycles. The van der Waals surface area contributed by atoms with Crippen LogP contribution in [0.2, 0.25) is 5.02 Å². The molecule has 7 rings (SSSR count). The quantitative estimate of drug-likeness (QED) is 0.185. The molecule has 266 valence electrons. The van der Waals surface area contributed by atoms with E-state index in [1.54, 1.807) is 23.9 Å². The number of fused-ring (bicyclic) bond motifs is 8. The minimum Gasteiger partial charge on any atom is -0.493 e. The number of ether oxygens (including phenoxy) is 2. The van der Waals surface area contributed by atoms with Crippen LogP contribution in [0.25, 0.3) is 32.8 Å². The molecule has 0 unspecified atom stereocenters. The number of likely N-dealkylation sites (N-methyl/N-ethyl adjacent to an activating group) is 1. The molecule has 0 radical (unpaired) electrons. The van der Waals surface area contributed by atoms with Gasteiger partial charge in [0.15, 0.2) is 0 Å². The second kappa shape index (κ2) is 14.7. The van der Waals surface area contributed by atoms with Crippen LogP contribution in [0.4, 0.5) is 4.39 Å². The fourth-order valence-corrected chi connectivity index (χ4v) is 8.58. The van der Waals surface area contributed by atoms with Crippen molar-refractivity contribution in [2.45, 2.75) is 57.7 Å². The highest BCUT2D eigenvalue weighted by Gasteiger charge is 2.28. The van der Waals surface area contributed by atoms with E-state index in [1.807, 2.05) is 55.4 Å². The van der Waals surface area contributed by atoms with Crippen LogP contribution in [0.1, 0.15) is 50.8 Å². The number of aromatic nitrogens is 5. The van der Waals surface area contributed by atoms with Gasteiger partial charge in [0, 0.05) is 69.8 Å². The van der Waals surface area contributed by atoms with Gasteiger partial charge in [-0.05, 0) is 99.1 Å². The summed E-state index contributed by atoms with van der Waals surface area (Å²) in [6.45, 7) is 6.35. The van der Waals surface area contributed by atoms with Crippen LogP contribution in [0.5, 0.6) is 5.75 Å². The van der Waals surface area contributed by atoms with E-state index in [0.717, 1.165) is 91.8 Å². The van der Waals surface area contributed by atoms with Crippen molar-refractivity contribution >= 4 is 51.0 Å². The SMILES string of the molecule is CNCCn1nc(C)c2c1CSCc1cc(n(C)n1)CCc1cc(c3ccc(F)cc3c1)OCCCn1c(C(=O)OC)c(C)c3c-2c(Cl)ccc31. The first-order chi connectivity index (χ1) is 24.7. The van der Waals surface area contributed by atoms with E-state index in [-0.39, 0.29) is 5.82 Å². The summed E-state index contributed by atoms with van der Waals surface area (Å²) in [5.41, 5.74) is 9.20. The number of thioether (sulfide) groups is 1. The summed E-state index contributed by atoms with van der Waals surface area (Å²) in [5.74, 6) is 1.43.